The fourth-order valence-electron chi connectivity index (χ4n) is 2.74. The molecule has 2 heterocycles. The summed E-state index contributed by atoms with van der Waals surface area (Å²) in [4.78, 5) is 29.2. The number of ketones is 1. The van der Waals surface area contributed by atoms with E-state index in [1.807, 2.05) is 12.1 Å². The van der Waals surface area contributed by atoms with E-state index < -0.39 is 0 Å². The zero-order chi connectivity index (χ0) is 20.2. The number of carbonyl (C=O) groups is 2. The van der Waals surface area contributed by atoms with E-state index in [1.54, 1.807) is 71.7 Å². The number of amides is 1. The highest BCUT2D eigenvalue weighted by Gasteiger charge is 2.11. The van der Waals surface area contributed by atoms with Gasteiger partial charge >= 0.3 is 0 Å². The number of nitrogens with one attached hydrogen (secondary N) is 1. The summed E-state index contributed by atoms with van der Waals surface area (Å²) in [6.07, 6.45) is 4.93. The highest BCUT2D eigenvalue weighted by atomic mass is 79.9. The third-order valence-corrected chi connectivity index (χ3v) is 4.79. The van der Waals surface area contributed by atoms with E-state index in [1.165, 1.54) is 6.20 Å². The van der Waals surface area contributed by atoms with Crippen LogP contribution in [0.1, 0.15) is 26.3 Å². The van der Waals surface area contributed by atoms with Gasteiger partial charge in [-0.05, 0) is 66.7 Å². The van der Waals surface area contributed by atoms with Crippen LogP contribution in [0, 0.1) is 0 Å². The summed E-state index contributed by atoms with van der Waals surface area (Å²) in [5, 5.41) is 6.91. The Hall–Kier alpha value is -3.58. The average molecular weight is 447 g/mol. The fourth-order valence-corrected chi connectivity index (χ4v) is 3.00. The molecule has 0 radical (unpaired) electrons. The molecule has 0 saturated carbocycles. The molecule has 2 aromatic carbocycles. The van der Waals surface area contributed by atoms with Gasteiger partial charge in [-0.3, -0.25) is 9.59 Å². The highest BCUT2D eigenvalue weighted by molar-refractivity contribution is 9.10. The predicted octanol–water partition coefficient (Wildman–Crippen LogP) is 4.51. The van der Waals surface area contributed by atoms with Crippen LogP contribution in [0.4, 0.5) is 5.69 Å². The normalized spacial score (nSPS) is 10.5. The summed E-state index contributed by atoms with van der Waals surface area (Å²) in [6, 6.07) is 19.2. The second-order valence-electron chi connectivity index (χ2n) is 6.22. The van der Waals surface area contributed by atoms with Crippen LogP contribution in [0.5, 0.6) is 0 Å². The van der Waals surface area contributed by atoms with E-state index in [0.717, 1.165) is 4.47 Å². The SMILES string of the molecule is O=C(Nc1ccc(C(=O)c2ccc(Br)cc2)cc1)c1ccc(-n2cccn2)nc1. The van der Waals surface area contributed by atoms with Crippen molar-refractivity contribution in [3.63, 3.8) is 0 Å². The van der Waals surface area contributed by atoms with Gasteiger partial charge in [0.15, 0.2) is 11.6 Å². The summed E-state index contributed by atoms with van der Waals surface area (Å²) >= 11 is 3.36. The number of hydrogen-bond acceptors (Lipinski definition) is 4. The monoisotopic (exact) mass is 446 g/mol. The number of nitrogens with zero attached hydrogens (tertiary/aromatic N) is 3. The summed E-state index contributed by atoms with van der Waals surface area (Å²) in [5.74, 6) is 0.271. The van der Waals surface area contributed by atoms with Gasteiger partial charge in [0.25, 0.3) is 5.91 Å². The van der Waals surface area contributed by atoms with Crippen LogP contribution in [0.25, 0.3) is 5.82 Å². The van der Waals surface area contributed by atoms with Crippen LogP contribution in [-0.4, -0.2) is 26.5 Å². The molecular weight excluding hydrogens is 432 g/mol. The maximum absolute atomic E-state index is 12.5. The molecule has 0 bridgehead atoms. The van der Waals surface area contributed by atoms with Crippen molar-refractivity contribution in [3.05, 3.63) is 106 Å². The van der Waals surface area contributed by atoms with Crippen molar-refractivity contribution in [3.8, 4) is 5.82 Å². The molecule has 1 amide bonds. The van der Waals surface area contributed by atoms with Crippen LogP contribution in [0.3, 0.4) is 0 Å². The van der Waals surface area contributed by atoms with Crippen molar-refractivity contribution in [2.24, 2.45) is 0 Å². The molecule has 0 spiro atoms. The Labute approximate surface area is 175 Å². The zero-order valence-corrected chi connectivity index (χ0v) is 16.7. The van der Waals surface area contributed by atoms with Gasteiger partial charge in [0.1, 0.15) is 0 Å². The molecule has 0 atom stereocenters. The van der Waals surface area contributed by atoms with Crippen LogP contribution in [-0.2, 0) is 0 Å². The Bertz CT molecular complexity index is 1140. The Morgan fingerprint density at radius 1 is 0.862 bits per heavy atom. The molecule has 1 N–H and O–H groups in total. The van der Waals surface area contributed by atoms with Gasteiger partial charge < -0.3 is 5.32 Å². The third kappa shape index (κ3) is 4.30. The second-order valence-corrected chi connectivity index (χ2v) is 7.14. The number of pyridine rings is 1. The summed E-state index contributed by atoms with van der Waals surface area (Å²) in [6.45, 7) is 0. The van der Waals surface area contributed by atoms with Crippen LogP contribution in [0.15, 0.2) is 89.8 Å². The molecular formula is C22H15BrN4O2. The summed E-state index contributed by atoms with van der Waals surface area (Å²) < 4.78 is 2.53. The first kappa shape index (κ1) is 18.8. The van der Waals surface area contributed by atoms with Crippen molar-refractivity contribution in [1.29, 1.82) is 0 Å². The molecule has 0 aliphatic rings. The van der Waals surface area contributed by atoms with Gasteiger partial charge in [-0.2, -0.15) is 5.10 Å². The lowest BCUT2D eigenvalue weighted by molar-refractivity contribution is 0.102. The smallest absolute Gasteiger partial charge is 0.257 e. The van der Waals surface area contributed by atoms with E-state index in [2.05, 4.69) is 31.3 Å². The molecule has 0 saturated heterocycles. The summed E-state index contributed by atoms with van der Waals surface area (Å²) in [7, 11) is 0. The number of rotatable bonds is 5. The van der Waals surface area contributed by atoms with Gasteiger partial charge in [0, 0.05) is 39.9 Å². The summed E-state index contributed by atoms with van der Waals surface area (Å²) in [5.41, 5.74) is 2.18. The first-order valence-corrected chi connectivity index (χ1v) is 9.57. The van der Waals surface area contributed by atoms with Crippen LogP contribution in [0.2, 0.25) is 0 Å². The lowest BCUT2D eigenvalue weighted by Crippen LogP contribution is -2.13. The zero-order valence-electron chi connectivity index (χ0n) is 15.1. The second kappa shape index (κ2) is 8.20. The van der Waals surface area contributed by atoms with Gasteiger partial charge in [0.05, 0.1) is 5.56 Å². The van der Waals surface area contributed by atoms with Crippen molar-refractivity contribution in [1.82, 2.24) is 14.8 Å². The van der Waals surface area contributed by atoms with Crippen molar-refractivity contribution in [2.45, 2.75) is 0 Å². The topological polar surface area (TPSA) is 76.9 Å². The first-order chi connectivity index (χ1) is 14.1. The Balaban J connectivity index is 1.43. The molecule has 7 heteroatoms. The third-order valence-electron chi connectivity index (χ3n) is 4.26. The standard InChI is InChI=1S/C22H15BrN4O2/c23-18-7-2-15(3-8-18)21(28)16-4-9-19(10-5-16)26-22(29)17-6-11-20(24-14-17)27-13-1-12-25-27/h1-14H,(H,26,29). The maximum atomic E-state index is 12.5. The lowest BCUT2D eigenvalue weighted by atomic mass is 10.0. The van der Waals surface area contributed by atoms with Gasteiger partial charge in [-0.25, -0.2) is 9.67 Å². The lowest BCUT2D eigenvalue weighted by Gasteiger charge is -2.07. The molecule has 0 aliphatic heterocycles. The van der Waals surface area contributed by atoms with Crippen LogP contribution < -0.4 is 5.32 Å². The number of anilines is 1. The van der Waals surface area contributed by atoms with Gasteiger partial charge in [0.2, 0.25) is 0 Å². The van der Waals surface area contributed by atoms with Crippen molar-refractivity contribution >= 4 is 33.3 Å². The highest BCUT2D eigenvalue weighted by Crippen LogP contribution is 2.17. The molecule has 142 valence electrons. The molecule has 0 fully saturated rings. The quantitative estimate of drug-likeness (QED) is 0.457. The minimum Gasteiger partial charge on any atom is -0.322 e. The van der Waals surface area contributed by atoms with E-state index >= 15 is 0 Å². The average Bonchev–Trinajstić information content (AvgIpc) is 3.29. The number of hydrogen-bond donors (Lipinski definition) is 1. The van der Waals surface area contributed by atoms with Gasteiger partial charge in [-0.1, -0.05) is 15.9 Å². The molecule has 0 aliphatic carbocycles. The van der Waals surface area contributed by atoms with E-state index in [0.29, 0.717) is 28.2 Å². The first-order valence-electron chi connectivity index (χ1n) is 8.78. The van der Waals surface area contributed by atoms with Crippen molar-refractivity contribution < 1.29 is 9.59 Å². The molecule has 4 aromatic rings. The number of halogens is 1. The van der Waals surface area contributed by atoms with E-state index in [4.69, 9.17) is 0 Å². The Morgan fingerprint density at radius 3 is 2.10 bits per heavy atom. The number of benzene rings is 2. The van der Waals surface area contributed by atoms with Crippen molar-refractivity contribution in [2.75, 3.05) is 5.32 Å². The number of aromatic nitrogens is 3. The minimum atomic E-state index is -0.281. The van der Waals surface area contributed by atoms with Gasteiger partial charge in [-0.15, -0.1) is 0 Å². The molecule has 6 nitrogen and oxygen atoms in total. The van der Waals surface area contributed by atoms with E-state index in [9.17, 15) is 9.59 Å². The fraction of sp³-hybridized carbons (Fsp3) is 0. The Kier molecular flexibility index (Phi) is 5.31. The van der Waals surface area contributed by atoms with E-state index in [-0.39, 0.29) is 11.7 Å². The Morgan fingerprint density at radius 2 is 1.52 bits per heavy atom. The maximum Gasteiger partial charge on any atom is 0.257 e. The number of carbonyl (C=O) groups excluding carboxylic acids is 2. The molecule has 0 unspecified atom stereocenters. The molecule has 4 rings (SSSR count). The predicted molar refractivity (Wildman–Crippen MR) is 113 cm³/mol. The molecule has 2 aromatic heterocycles. The molecule has 29 heavy (non-hydrogen) atoms. The minimum absolute atomic E-state index is 0.0752. The largest absolute Gasteiger partial charge is 0.322 e. The van der Waals surface area contributed by atoms with Crippen LogP contribution >= 0.6 is 15.9 Å².